The summed E-state index contributed by atoms with van der Waals surface area (Å²) in [4.78, 5) is 29.7. The number of hydrogen-bond acceptors (Lipinski definition) is 6. The van der Waals surface area contributed by atoms with Crippen LogP contribution in [0.2, 0.25) is 0 Å². The van der Waals surface area contributed by atoms with E-state index in [0.29, 0.717) is 17.1 Å². The number of piperazine rings is 1. The van der Waals surface area contributed by atoms with Gasteiger partial charge in [0.2, 0.25) is 5.91 Å². The summed E-state index contributed by atoms with van der Waals surface area (Å²) in [6, 6.07) is 9.68. The van der Waals surface area contributed by atoms with Gasteiger partial charge in [0, 0.05) is 37.1 Å². The van der Waals surface area contributed by atoms with E-state index in [-0.39, 0.29) is 12.5 Å². The van der Waals surface area contributed by atoms with Crippen molar-refractivity contribution in [1.82, 2.24) is 9.80 Å². The van der Waals surface area contributed by atoms with Gasteiger partial charge in [0.05, 0.1) is 13.2 Å². The number of likely N-dealkylation sites (N-methyl/N-ethyl adjacent to an activating group) is 1. The standard InChI is InChI=1S/C21H27N3O3S/c1-3-23-10-12-24(13-11-23)14-18(25)22-20-19(21(26)27-4-2)17(15-28-20)16-8-6-5-7-9-16/h5-9,15H,3-4,10-14H2,1-2H3,(H,22,25). The molecule has 28 heavy (non-hydrogen) atoms. The van der Waals surface area contributed by atoms with E-state index in [1.54, 1.807) is 6.92 Å². The molecule has 0 spiro atoms. The third-order valence-electron chi connectivity index (χ3n) is 4.89. The number of nitrogens with zero attached hydrogens (tertiary/aromatic N) is 2. The van der Waals surface area contributed by atoms with Crippen molar-refractivity contribution in [2.24, 2.45) is 0 Å². The van der Waals surface area contributed by atoms with Gasteiger partial charge in [0.15, 0.2) is 0 Å². The lowest BCUT2D eigenvalue weighted by atomic mass is 10.0. The molecule has 0 atom stereocenters. The average molecular weight is 402 g/mol. The highest BCUT2D eigenvalue weighted by molar-refractivity contribution is 7.15. The molecule has 1 aromatic carbocycles. The predicted octanol–water partition coefficient (Wildman–Crippen LogP) is 3.17. The van der Waals surface area contributed by atoms with E-state index in [1.165, 1.54) is 11.3 Å². The third-order valence-corrected chi connectivity index (χ3v) is 5.78. The molecular weight excluding hydrogens is 374 g/mol. The van der Waals surface area contributed by atoms with Crippen LogP contribution in [0.4, 0.5) is 5.00 Å². The van der Waals surface area contributed by atoms with Crippen molar-refractivity contribution >= 4 is 28.2 Å². The number of rotatable bonds is 7. The van der Waals surface area contributed by atoms with Crippen molar-refractivity contribution in [3.63, 3.8) is 0 Å². The van der Waals surface area contributed by atoms with Crippen molar-refractivity contribution in [3.8, 4) is 11.1 Å². The number of hydrogen-bond donors (Lipinski definition) is 1. The summed E-state index contributed by atoms with van der Waals surface area (Å²) in [5.41, 5.74) is 2.15. The van der Waals surface area contributed by atoms with E-state index < -0.39 is 5.97 Å². The highest BCUT2D eigenvalue weighted by Crippen LogP contribution is 2.36. The fourth-order valence-corrected chi connectivity index (χ4v) is 4.29. The van der Waals surface area contributed by atoms with Crippen LogP contribution in [0.5, 0.6) is 0 Å². The first-order valence-corrected chi connectivity index (χ1v) is 10.6. The zero-order valence-corrected chi connectivity index (χ0v) is 17.3. The summed E-state index contributed by atoms with van der Waals surface area (Å²) in [6.07, 6.45) is 0. The van der Waals surface area contributed by atoms with E-state index in [2.05, 4.69) is 22.0 Å². The molecule has 1 aliphatic rings. The maximum atomic E-state index is 12.6. The van der Waals surface area contributed by atoms with Crippen LogP contribution in [0.25, 0.3) is 11.1 Å². The van der Waals surface area contributed by atoms with Gasteiger partial charge in [0.1, 0.15) is 10.6 Å². The largest absolute Gasteiger partial charge is 0.462 e. The molecule has 0 unspecified atom stereocenters. The highest BCUT2D eigenvalue weighted by atomic mass is 32.1. The summed E-state index contributed by atoms with van der Waals surface area (Å²) >= 11 is 1.36. The van der Waals surface area contributed by atoms with Gasteiger partial charge in [-0.1, -0.05) is 37.3 Å². The first kappa shape index (κ1) is 20.5. The van der Waals surface area contributed by atoms with Gasteiger partial charge in [-0.25, -0.2) is 4.79 Å². The fraction of sp³-hybridized carbons (Fsp3) is 0.429. The van der Waals surface area contributed by atoms with Crippen LogP contribution in [0.15, 0.2) is 35.7 Å². The molecule has 1 aliphatic heterocycles. The van der Waals surface area contributed by atoms with Crippen LogP contribution >= 0.6 is 11.3 Å². The lowest BCUT2D eigenvalue weighted by Crippen LogP contribution is -2.48. The minimum absolute atomic E-state index is 0.100. The van der Waals surface area contributed by atoms with Gasteiger partial charge in [-0.2, -0.15) is 0 Å². The number of thiophene rings is 1. The Kier molecular flexibility index (Phi) is 7.19. The van der Waals surface area contributed by atoms with Crippen LogP contribution in [0.1, 0.15) is 24.2 Å². The molecule has 1 amide bonds. The van der Waals surface area contributed by atoms with Gasteiger partial charge in [-0.15, -0.1) is 11.3 Å². The number of anilines is 1. The molecule has 0 radical (unpaired) electrons. The SMILES string of the molecule is CCOC(=O)c1c(-c2ccccc2)csc1NC(=O)CN1CCN(CC)CC1. The average Bonchev–Trinajstić information content (AvgIpc) is 3.13. The second kappa shape index (κ2) is 9.82. The van der Waals surface area contributed by atoms with Gasteiger partial charge in [0.25, 0.3) is 0 Å². The number of nitrogens with one attached hydrogen (secondary N) is 1. The van der Waals surface area contributed by atoms with Gasteiger partial charge >= 0.3 is 5.97 Å². The summed E-state index contributed by atoms with van der Waals surface area (Å²) in [6.45, 7) is 9.32. The summed E-state index contributed by atoms with van der Waals surface area (Å²) in [5, 5.41) is 5.39. The Labute approximate surface area is 170 Å². The Hall–Kier alpha value is -2.22. The Morgan fingerprint density at radius 3 is 2.39 bits per heavy atom. The second-order valence-corrected chi connectivity index (χ2v) is 7.58. The molecule has 1 fully saturated rings. The first-order valence-electron chi connectivity index (χ1n) is 9.71. The topological polar surface area (TPSA) is 61.9 Å². The van der Waals surface area contributed by atoms with Gasteiger partial charge < -0.3 is 15.0 Å². The van der Waals surface area contributed by atoms with Crippen LogP contribution in [-0.2, 0) is 9.53 Å². The molecule has 1 aromatic heterocycles. The molecule has 0 saturated carbocycles. The summed E-state index contributed by atoms with van der Waals surface area (Å²) in [7, 11) is 0. The second-order valence-electron chi connectivity index (χ2n) is 6.70. The number of carbonyl (C=O) groups is 2. The maximum Gasteiger partial charge on any atom is 0.341 e. The minimum Gasteiger partial charge on any atom is -0.462 e. The van der Waals surface area contributed by atoms with Crippen LogP contribution in [-0.4, -0.2) is 67.6 Å². The number of benzene rings is 1. The normalized spacial score (nSPS) is 15.4. The zero-order valence-electron chi connectivity index (χ0n) is 16.4. The van der Waals surface area contributed by atoms with Crippen molar-refractivity contribution in [2.45, 2.75) is 13.8 Å². The molecule has 2 aromatic rings. The third kappa shape index (κ3) is 4.98. The molecule has 1 saturated heterocycles. The maximum absolute atomic E-state index is 12.6. The molecule has 0 aliphatic carbocycles. The Morgan fingerprint density at radius 2 is 1.75 bits per heavy atom. The fourth-order valence-electron chi connectivity index (χ4n) is 3.32. The van der Waals surface area contributed by atoms with E-state index in [1.807, 2.05) is 35.7 Å². The van der Waals surface area contributed by atoms with E-state index in [9.17, 15) is 9.59 Å². The highest BCUT2D eigenvalue weighted by Gasteiger charge is 2.24. The Bertz CT molecular complexity index is 798. The molecule has 6 nitrogen and oxygen atoms in total. The van der Waals surface area contributed by atoms with Gasteiger partial charge in [-0.3, -0.25) is 9.69 Å². The lowest BCUT2D eigenvalue weighted by molar-refractivity contribution is -0.117. The Balaban J connectivity index is 1.73. The van der Waals surface area contributed by atoms with Crippen molar-refractivity contribution in [2.75, 3.05) is 51.2 Å². The zero-order chi connectivity index (χ0) is 19.9. The quantitative estimate of drug-likeness (QED) is 0.722. The van der Waals surface area contributed by atoms with Crippen molar-refractivity contribution in [3.05, 3.63) is 41.3 Å². The predicted molar refractivity (Wildman–Crippen MR) is 113 cm³/mol. The van der Waals surface area contributed by atoms with Crippen molar-refractivity contribution in [1.29, 1.82) is 0 Å². The molecule has 2 heterocycles. The number of esters is 1. The minimum atomic E-state index is -0.408. The van der Waals surface area contributed by atoms with Gasteiger partial charge in [-0.05, 0) is 19.0 Å². The monoisotopic (exact) mass is 401 g/mol. The molecule has 0 bridgehead atoms. The number of ether oxygens (including phenoxy) is 1. The molecular formula is C21H27N3O3S. The smallest absolute Gasteiger partial charge is 0.341 e. The van der Waals surface area contributed by atoms with Crippen LogP contribution in [0.3, 0.4) is 0 Å². The van der Waals surface area contributed by atoms with Crippen LogP contribution in [0, 0.1) is 0 Å². The molecule has 3 rings (SSSR count). The number of amides is 1. The first-order chi connectivity index (χ1) is 13.6. The van der Waals surface area contributed by atoms with E-state index >= 15 is 0 Å². The summed E-state index contributed by atoms with van der Waals surface area (Å²) in [5.74, 6) is -0.508. The van der Waals surface area contributed by atoms with E-state index in [0.717, 1.165) is 43.9 Å². The Morgan fingerprint density at radius 1 is 1.07 bits per heavy atom. The molecule has 150 valence electrons. The molecule has 1 N–H and O–H groups in total. The van der Waals surface area contributed by atoms with Crippen molar-refractivity contribution < 1.29 is 14.3 Å². The number of carbonyl (C=O) groups excluding carboxylic acids is 2. The lowest BCUT2D eigenvalue weighted by Gasteiger charge is -2.33. The van der Waals surface area contributed by atoms with E-state index in [4.69, 9.17) is 4.74 Å². The molecule has 7 heteroatoms. The summed E-state index contributed by atoms with van der Waals surface area (Å²) < 4.78 is 5.25. The van der Waals surface area contributed by atoms with Crippen LogP contribution < -0.4 is 5.32 Å².